The minimum Gasteiger partial charge on any atom is -0.507 e. The lowest BCUT2D eigenvalue weighted by molar-refractivity contribution is 0.0943. The van der Waals surface area contributed by atoms with Crippen molar-refractivity contribution in [1.82, 2.24) is 15.5 Å². The number of nitrogens with zero attached hydrogens (tertiary/aromatic N) is 2. The van der Waals surface area contributed by atoms with Crippen molar-refractivity contribution in [3.63, 3.8) is 0 Å². The summed E-state index contributed by atoms with van der Waals surface area (Å²) >= 11 is 0. The molecule has 2 aromatic carbocycles. The van der Waals surface area contributed by atoms with Crippen LogP contribution < -0.4 is 5.32 Å². The van der Waals surface area contributed by atoms with Crippen LogP contribution in [-0.4, -0.2) is 21.2 Å². The topological polar surface area (TPSA) is 88.3 Å². The van der Waals surface area contributed by atoms with Crippen LogP contribution in [0.2, 0.25) is 0 Å². The smallest absolute Gasteiger partial charge is 0.255 e. The Morgan fingerprint density at radius 1 is 1.09 bits per heavy atom. The predicted molar refractivity (Wildman–Crippen MR) is 82.8 cm³/mol. The molecule has 2 N–H and O–H groups in total. The standard InChI is InChI=1S/C17H15N3O3/c21-14-9-5-4-8-13(14)17(22)18-11-16-19-15(20-23-16)10-12-6-2-1-3-7-12/h1-9,21H,10-11H2,(H,18,22). The highest BCUT2D eigenvalue weighted by molar-refractivity contribution is 5.96. The summed E-state index contributed by atoms with van der Waals surface area (Å²) in [6.07, 6.45) is 0.567. The first-order valence-electron chi connectivity index (χ1n) is 7.14. The summed E-state index contributed by atoms with van der Waals surface area (Å²) in [4.78, 5) is 16.2. The number of hydrogen-bond donors (Lipinski definition) is 2. The van der Waals surface area contributed by atoms with E-state index < -0.39 is 5.91 Å². The summed E-state index contributed by atoms with van der Waals surface area (Å²) in [6, 6.07) is 16.1. The molecule has 0 atom stereocenters. The number of amides is 1. The average molecular weight is 309 g/mol. The summed E-state index contributed by atoms with van der Waals surface area (Å²) < 4.78 is 5.12. The first-order chi connectivity index (χ1) is 11.2. The lowest BCUT2D eigenvalue weighted by Gasteiger charge is -2.03. The zero-order chi connectivity index (χ0) is 16.1. The quantitative estimate of drug-likeness (QED) is 0.755. The van der Waals surface area contributed by atoms with Gasteiger partial charge in [-0.25, -0.2) is 0 Å². The van der Waals surface area contributed by atoms with E-state index in [1.54, 1.807) is 18.2 Å². The van der Waals surface area contributed by atoms with Crippen LogP contribution in [0.25, 0.3) is 0 Å². The lowest BCUT2D eigenvalue weighted by atomic mass is 10.1. The fraction of sp³-hybridized carbons (Fsp3) is 0.118. The number of nitrogens with one attached hydrogen (secondary N) is 1. The molecule has 23 heavy (non-hydrogen) atoms. The van der Waals surface area contributed by atoms with E-state index in [1.807, 2.05) is 30.3 Å². The Balaban J connectivity index is 1.59. The van der Waals surface area contributed by atoms with E-state index >= 15 is 0 Å². The van der Waals surface area contributed by atoms with Gasteiger partial charge in [0.25, 0.3) is 5.91 Å². The Morgan fingerprint density at radius 2 is 1.83 bits per heavy atom. The number of benzene rings is 2. The van der Waals surface area contributed by atoms with Crippen molar-refractivity contribution >= 4 is 5.91 Å². The predicted octanol–water partition coefficient (Wildman–Crippen LogP) is 2.30. The van der Waals surface area contributed by atoms with Crippen LogP contribution in [0.4, 0.5) is 0 Å². The number of hydrogen-bond acceptors (Lipinski definition) is 5. The minimum atomic E-state index is -0.397. The molecule has 1 aromatic heterocycles. The molecule has 0 bridgehead atoms. The van der Waals surface area contributed by atoms with Gasteiger partial charge in [0.15, 0.2) is 5.82 Å². The van der Waals surface area contributed by atoms with Gasteiger partial charge >= 0.3 is 0 Å². The lowest BCUT2D eigenvalue weighted by Crippen LogP contribution is -2.23. The molecule has 0 saturated heterocycles. The van der Waals surface area contributed by atoms with E-state index in [2.05, 4.69) is 15.5 Å². The molecule has 0 spiro atoms. The molecule has 1 heterocycles. The number of aromatic hydroxyl groups is 1. The van der Waals surface area contributed by atoms with Gasteiger partial charge in [0.1, 0.15) is 5.75 Å². The minimum absolute atomic E-state index is 0.0692. The molecule has 0 unspecified atom stereocenters. The molecule has 0 aliphatic carbocycles. The number of phenols is 1. The summed E-state index contributed by atoms with van der Waals surface area (Å²) in [5, 5.41) is 16.2. The van der Waals surface area contributed by atoms with Crippen molar-refractivity contribution in [1.29, 1.82) is 0 Å². The second-order valence-electron chi connectivity index (χ2n) is 4.97. The van der Waals surface area contributed by atoms with Crippen LogP contribution in [0, 0.1) is 0 Å². The zero-order valence-electron chi connectivity index (χ0n) is 12.3. The van der Waals surface area contributed by atoms with Gasteiger partial charge in [-0.05, 0) is 17.7 Å². The fourth-order valence-electron chi connectivity index (χ4n) is 2.13. The molecule has 6 heteroatoms. The van der Waals surface area contributed by atoms with E-state index in [1.165, 1.54) is 6.07 Å². The highest BCUT2D eigenvalue weighted by Gasteiger charge is 2.12. The third-order valence-corrected chi connectivity index (χ3v) is 3.26. The zero-order valence-corrected chi connectivity index (χ0v) is 12.3. The van der Waals surface area contributed by atoms with Gasteiger partial charge in [0.05, 0.1) is 12.1 Å². The molecular weight excluding hydrogens is 294 g/mol. The maximum Gasteiger partial charge on any atom is 0.255 e. The van der Waals surface area contributed by atoms with Crippen molar-refractivity contribution in [2.24, 2.45) is 0 Å². The monoisotopic (exact) mass is 309 g/mol. The molecule has 0 saturated carbocycles. The molecule has 3 rings (SSSR count). The highest BCUT2D eigenvalue weighted by atomic mass is 16.5. The highest BCUT2D eigenvalue weighted by Crippen LogP contribution is 2.15. The first-order valence-corrected chi connectivity index (χ1v) is 7.14. The number of phenolic OH excluding ortho intramolecular Hbond substituents is 1. The van der Waals surface area contributed by atoms with Gasteiger partial charge in [-0.15, -0.1) is 0 Å². The van der Waals surface area contributed by atoms with Gasteiger partial charge in [-0.3, -0.25) is 4.79 Å². The molecule has 0 fully saturated rings. The van der Waals surface area contributed by atoms with E-state index in [0.29, 0.717) is 18.1 Å². The normalized spacial score (nSPS) is 10.4. The number of aromatic nitrogens is 2. The molecule has 1 amide bonds. The van der Waals surface area contributed by atoms with E-state index in [-0.39, 0.29) is 17.9 Å². The second kappa shape index (κ2) is 6.74. The van der Waals surface area contributed by atoms with Gasteiger partial charge in [0, 0.05) is 6.42 Å². The van der Waals surface area contributed by atoms with Gasteiger partial charge in [-0.2, -0.15) is 4.98 Å². The number of para-hydroxylation sites is 1. The molecule has 0 aliphatic heterocycles. The van der Waals surface area contributed by atoms with Crippen LogP contribution in [0.1, 0.15) is 27.6 Å². The summed E-state index contributed by atoms with van der Waals surface area (Å²) in [6.45, 7) is 0.106. The fourth-order valence-corrected chi connectivity index (χ4v) is 2.13. The number of carbonyl (C=O) groups is 1. The molecule has 116 valence electrons. The third-order valence-electron chi connectivity index (χ3n) is 3.26. The molecule has 0 radical (unpaired) electrons. The maximum atomic E-state index is 12.0. The van der Waals surface area contributed by atoms with Crippen LogP contribution >= 0.6 is 0 Å². The van der Waals surface area contributed by atoms with Gasteiger partial charge in [-0.1, -0.05) is 47.6 Å². The number of rotatable bonds is 5. The van der Waals surface area contributed by atoms with E-state index in [0.717, 1.165) is 5.56 Å². The Hall–Kier alpha value is -3.15. The first kappa shape index (κ1) is 14.8. The molecule has 3 aromatic rings. The average Bonchev–Trinajstić information content (AvgIpc) is 3.01. The molecule has 6 nitrogen and oxygen atoms in total. The van der Waals surface area contributed by atoms with Crippen LogP contribution in [0.3, 0.4) is 0 Å². The van der Waals surface area contributed by atoms with Crippen molar-refractivity contribution in [2.45, 2.75) is 13.0 Å². The Kier molecular flexibility index (Phi) is 4.33. The van der Waals surface area contributed by atoms with Crippen LogP contribution in [-0.2, 0) is 13.0 Å². The van der Waals surface area contributed by atoms with Crippen molar-refractivity contribution in [3.8, 4) is 5.75 Å². The third kappa shape index (κ3) is 3.74. The van der Waals surface area contributed by atoms with Crippen molar-refractivity contribution < 1.29 is 14.4 Å². The molecular formula is C17H15N3O3. The number of carbonyl (C=O) groups excluding carboxylic acids is 1. The summed E-state index contributed by atoms with van der Waals surface area (Å²) in [5.41, 5.74) is 1.29. The maximum absolute atomic E-state index is 12.0. The Labute approximate surface area is 132 Å². The Bertz CT molecular complexity index is 800. The van der Waals surface area contributed by atoms with Crippen LogP contribution in [0.15, 0.2) is 59.1 Å². The summed E-state index contributed by atoms with van der Waals surface area (Å²) in [5.74, 6) is 0.411. The van der Waals surface area contributed by atoms with E-state index in [4.69, 9.17) is 4.52 Å². The van der Waals surface area contributed by atoms with Gasteiger partial charge in [0.2, 0.25) is 5.89 Å². The van der Waals surface area contributed by atoms with E-state index in [9.17, 15) is 9.90 Å². The largest absolute Gasteiger partial charge is 0.507 e. The van der Waals surface area contributed by atoms with Crippen molar-refractivity contribution in [3.05, 3.63) is 77.4 Å². The van der Waals surface area contributed by atoms with Crippen LogP contribution in [0.5, 0.6) is 5.75 Å². The second-order valence-corrected chi connectivity index (χ2v) is 4.97. The van der Waals surface area contributed by atoms with Gasteiger partial charge < -0.3 is 14.9 Å². The Morgan fingerprint density at radius 3 is 2.61 bits per heavy atom. The molecule has 0 aliphatic rings. The summed E-state index contributed by atoms with van der Waals surface area (Å²) in [7, 11) is 0. The van der Waals surface area contributed by atoms with Crippen molar-refractivity contribution in [2.75, 3.05) is 0 Å². The SMILES string of the molecule is O=C(NCc1nc(Cc2ccccc2)no1)c1ccccc1O.